The van der Waals surface area contributed by atoms with Crippen molar-refractivity contribution >= 4 is 133 Å². The second-order valence-electron chi connectivity index (χ2n) is 31.7. The highest BCUT2D eigenvalue weighted by Crippen LogP contribution is 2.53. The van der Waals surface area contributed by atoms with Gasteiger partial charge >= 0.3 is 0 Å². The van der Waals surface area contributed by atoms with Crippen LogP contribution in [0.25, 0.3) is 89.4 Å². The fraction of sp³-hybridized carbons (Fsp3) is 0.241. The first-order valence-electron chi connectivity index (χ1n) is 35.2. The first-order chi connectivity index (χ1) is 45.5. The molecule has 11 aromatic rings. The van der Waals surface area contributed by atoms with Gasteiger partial charge in [-0.15, -0.1) is 32.8 Å². The van der Waals surface area contributed by atoms with E-state index in [2.05, 4.69) is 325 Å². The van der Waals surface area contributed by atoms with E-state index in [1.807, 2.05) is 6.20 Å². The first kappa shape index (κ1) is 67.8. The van der Waals surface area contributed by atoms with Crippen LogP contribution in [-0.2, 0) is 16.2 Å². The topological polar surface area (TPSA) is 38.7 Å². The third-order valence-electron chi connectivity index (χ3n) is 22.7. The molecule has 96 heavy (non-hydrogen) atoms. The van der Waals surface area contributed by atoms with Crippen molar-refractivity contribution in [3.8, 4) is 89.4 Å². The number of rotatable bonds is 11. The Morgan fingerprint density at radius 3 is 0.948 bits per heavy atom. The Morgan fingerprint density at radius 1 is 0.292 bits per heavy atom. The molecule has 0 aliphatic heterocycles. The van der Waals surface area contributed by atoms with Crippen molar-refractivity contribution in [1.29, 1.82) is 0 Å². The number of hydrogen-bond donors (Lipinski definition) is 0. The van der Waals surface area contributed by atoms with E-state index in [1.165, 1.54) is 155 Å². The molecule has 1 fully saturated rings. The van der Waals surface area contributed by atoms with Crippen molar-refractivity contribution in [2.75, 3.05) is 0 Å². The van der Waals surface area contributed by atoms with E-state index < -0.39 is 0 Å². The van der Waals surface area contributed by atoms with Crippen molar-refractivity contribution in [3.05, 3.63) is 221 Å². The predicted molar refractivity (Wildman–Crippen MR) is 446 cm³/mol. The normalized spacial score (nSPS) is 15.2. The smallest absolute Gasteiger partial charge is 0.139 e. The van der Waals surface area contributed by atoms with Gasteiger partial charge in [-0.2, -0.15) is 0 Å². The summed E-state index contributed by atoms with van der Waals surface area (Å²) < 4.78 is 0. The second-order valence-corrected chi connectivity index (χ2v) is 31.7. The number of pyridine rings is 3. The average molecular weight is 1240 g/mol. The molecule has 1 aliphatic carbocycles. The van der Waals surface area contributed by atoms with Crippen LogP contribution in [0.3, 0.4) is 0 Å². The zero-order chi connectivity index (χ0) is 68.6. The molecule has 3 aromatic heterocycles. The van der Waals surface area contributed by atoms with Crippen LogP contribution in [0.5, 0.6) is 0 Å². The Morgan fingerprint density at radius 2 is 0.594 bits per heavy atom. The van der Waals surface area contributed by atoms with Gasteiger partial charge in [0.1, 0.15) is 78.5 Å². The fourth-order valence-electron chi connectivity index (χ4n) is 15.7. The van der Waals surface area contributed by atoms with Crippen molar-refractivity contribution in [1.82, 2.24) is 15.0 Å². The fourth-order valence-corrected chi connectivity index (χ4v) is 15.7. The van der Waals surface area contributed by atoms with Gasteiger partial charge in [0.2, 0.25) is 0 Å². The molecule has 0 saturated heterocycles. The second kappa shape index (κ2) is 26.4. The number of aromatic nitrogens is 3. The summed E-state index contributed by atoms with van der Waals surface area (Å²) in [6.07, 6.45) is 9.28. The molecule has 2 unspecified atom stereocenters. The lowest BCUT2D eigenvalue weighted by Crippen LogP contribution is -2.55. The van der Waals surface area contributed by atoms with Crippen LogP contribution in [0.4, 0.5) is 0 Å². The number of hydrogen-bond acceptors (Lipinski definition) is 3. The van der Waals surface area contributed by atoms with Crippen LogP contribution in [-0.4, -0.2) is 93.4 Å². The molecule has 12 rings (SSSR count). The van der Waals surface area contributed by atoms with Crippen molar-refractivity contribution in [3.63, 3.8) is 0 Å². The van der Waals surface area contributed by atoms with Gasteiger partial charge in [0.15, 0.2) is 0 Å². The molecule has 1 saturated carbocycles. The highest BCUT2D eigenvalue weighted by molar-refractivity contribution is 6.70. The summed E-state index contributed by atoms with van der Waals surface area (Å²) in [6, 6.07) is 61.1. The lowest BCUT2D eigenvalue weighted by atomic mass is 9.59. The summed E-state index contributed by atoms with van der Waals surface area (Å²) in [5, 5.41) is 0. The standard InChI is InChI=1S/C83H91B10N3/c1-44-34-66(95-42-64(44)69-71(84)75(88)79(92)76(89)72(69)85)49-24-18-47(19-25-49)62-39-55(81(3,4)5)28-30-60(62)53-36-52(59-15-13-12-14-58(59)46-16-22-51(23-17-46)68-41-57(32-33-94-68)83(9,10)11)37-54(38-53)61-31-29-56(82(6,7)8)40-63(61)48-20-26-50(27-21-48)67-35-45(2)65(43-96-67)70-73(86)77(90)80(93)78(91)74(70)87/h12-35,39-43,52-54H,36-38,84-93H2,1-11H3. The molecule has 0 spiro atoms. The molecule has 13 heteroatoms. The van der Waals surface area contributed by atoms with Gasteiger partial charge in [-0.25, -0.2) is 0 Å². The Labute approximate surface area is 583 Å². The predicted octanol–water partition coefficient (Wildman–Crippen LogP) is 5.14. The van der Waals surface area contributed by atoms with Crippen molar-refractivity contribution in [2.45, 2.75) is 129 Å². The maximum atomic E-state index is 5.21. The zero-order valence-electron chi connectivity index (χ0n) is 61.4. The third kappa shape index (κ3) is 13.1. The molecule has 0 radical (unpaired) electrons. The highest BCUT2D eigenvalue weighted by Gasteiger charge is 2.36. The SMILES string of the molecule is Bc1c(B)c(B)c(-c2cnc(-c3ccc(-c4cc(C(C)(C)C)ccc4C4CC(c5ccccc5-c5ccc(-c6cc(C(C)(C)C)ccn6)cc5)CC(c5ccc(C(C)(C)C)cc5-c5ccc(-c6cc(C)c(-c7c(B)c(B)c(B)c(B)c7B)cn6)cc5)C4)cc3)cc2C)c(B)c1B. The number of benzene rings is 8. The minimum atomic E-state index is -0.0467. The molecule has 1 aliphatic rings. The molecular weight excluding hydrogens is 1150 g/mol. The van der Waals surface area contributed by atoms with Crippen molar-refractivity contribution < 1.29 is 0 Å². The molecule has 8 aromatic carbocycles. The zero-order valence-corrected chi connectivity index (χ0v) is 61.4. The van der Waals surface area contributed by atoms with Gasteiger partial charge in [-0.1, -0.05) is 218 Å². The Bertz CT molecular complexity index is 4530. The monoisotopic (exact) mass is 1240 g/mol. The van der Waals surface area contributed by atoms with Crippen LogP contribution < -0.4 is 54.6 Å². The average Bonchev–Trinajstić information content (AvgIpc) is 0.780. The van der Waals surface area contributed by atoms with Gasteiger partial charge in [0, 0.05) is 46.4 Å². The van der Waals surface area contributed by atoms with Crippen molar-refractivity contribution in [2.24, 2.45) is 0 Å². The van der Waals surface area contributed by atoms with Crippen LogP contribution in [0.2, 0.25) is 0 Å². The van der Waals surface area contributed by atoms with Gasteiger partial charge in [0.05, 0.1) is 17.1 Å². The maximum absolute atomic E-state index is 5.21. The lowest BCUT2D eigenvalue weighted by Gasteiger charge is -2.39. The summed E-state index contributed by atoms with van der Waals surface area (Å²) in [4.78, 5) is 15.3. The lowest BCUT2D eigenvalue weighted by molar-refractivity contribution is 0.352. The van der Waals surface area contributed by atoms with E-state index in [4.69, 9.17) is 15.0 Å². The molecule has 0 amide bonds. The number of aryl methyl sites for hydroxylation is 2. The summed E-state index contributed by atoms with van der Waals surface area (Å²) in [7, 11) is 22.6. The summed E-state index contributed by atoms with van der Waals surface area (Å²) in [5.74, 6) is 0.768. The minimum absolute atomic E-state index is 0.0297. The highest BCUT2D eigenvalue weighted by atomic mass is 14.7. The largest absolute Gasteiger partial charge is 0.256 e. The molecule has 3 nitrogen and oxygen atoms in total. The van der Waals surface area contributed by atoms with Gasteiger partial charge in [0.25, 0.3) is 0 Å². The molecule has 468 valence electrons. The Balaban J connectivity index is 0.955. The third-order valence-corrected chi connectivity index (χ3v) is 22.7. The molecule has 0 N–H and O–H groups in total. The van der Waals surface area contributed by atoms with E-state index in [0.717, 1.165) is 53.0 Å². The summed E-state index contributed by atoms with van der Waals surface area (Å²) in [5.41, 5.74) is 43.4. The molecule has 3 heterocycles. The van der Waals surface area contributed by atoms with Crippen LogP contribution >= 0.6 is 0 Å². The quantitative estimate of drug-likeness (QED) is 0.169. The maximum Gasteiger partial charge on any atom is 0.139 e. The van der Waals surface area contributed by atoms with Crippen LogP contribution in [0.15, 0.2) is 176 Å². The van der Waals surface area contributed by atoms with Crippen LogP contribution in [0, 0.1) is 13.8 Å². The van der Waals surface area contributed by atoms with Gasteiger partial charge < -0.3 is 0 Å². The molecule has 2 atom stereocenters. The van der Waals surface area contributed by atoms with Gasteiger partial charge in [-0.3, -0.25) is 15.0 Å². The van der Waals surface area contributed by atoms with E-state index in [-0.39, 0.29) is 34.0 Å². The Kier molecular flexibility index (Phi) is 18.6. The number of nitrogens with zero attached hydrogens (tertiary/aromatic N) is 3. The van der Waals surface area contributed by atoms with Crippen LogP contribution in [0.1, 0.15) is 144 Å². The minimum Gasteiger partial charge on any atom is -0.256 e. The summed E-state index contributed by atoms with van der Waals surface area (Å²) >= 11 is 0. The molecular formula is C83H91B10N3. The van der Waals surface area contributed by atoms with Gasteiger partial charge in [-0.05, 0) is 180 Å². The van der Waals surface area contributed by atoms with E-state index >= 15 is 0 Å². The first-order valence-corrected chi connectivity index (χ1v) is 35.2. The van der Waals surface area contributed by atoms with E-state index in [1.54, 1.807) is 0 Å². The van der Waals surface area contributed by atoms with E-state index in [0.29, 0.717) is 0 Å². The Hall–Kier alpha value is -8.14. The molecule has 0 bridgehead atoms. The summed E-state index contributed by atoms with van der Waals surface area (Å²) in [6.45, 7) is 25.4. The van der Waals surface area contributed by atoms with E-state index in [9.17, 15) is 0 Å².